The molecule has 112 valence electrons. The van der Waals surface area contributed by atoms with Crippen LogP contribution >= 0.6 is 11.8 Å². The molecular formula is C17H23N3S. The third-order valence-electron chi connectivity index (χ3n) is 4.32. The largest absolute Gasteiger partial charge is 0.326 e. The summed E-state index contributed by atoms with van der Waals surface area (Å²) in [6, 6.07) is 8.76. The van der Waals surface area contributed by atoms with Gasteiger partial charge in [-0.1, -0.05) is 32.0 Å². The lowest BCUT2D eigenvalue weighted by atomic mass is 10.0. The molecule has 1 aromatic carbocycles. The van der Waals surface area contributed by atoms with Gasteiger partial charge in [0.2, 0.25) is 0 Å². The van der Waals surface area contributed by atoms with Gasteiger partial charge in [0.15, 0.2) is 0 Å². The van der Waals surface area contributed by atoms with E-state index in [9.17, 15) is 0 Å². The highest BCUT2D eigenvalue weighted by Gasteiger charge is 2.25. The summed E-state index contributed by atoms with van der Waals surface area (Å²) in [7, 11) is 0. The van der Waals surface area contributed by atoms with Gasteiger partial charge in [-0.15, -0.1) is 11.8 Å². The van der Waals surface area contributed by atoms with Gasteiger partial charge in [0, 0.05) is 40.9 Å². The van der Waals surface area contributed by atoms with E-state index in [4.69, 9.17) is 10.8 Å². The molecule has 1 unspecified atom stereocenters. The number of thioether (sulfide) groups is 1. The topological polar surface area (TPSA) is 43.8 Å². The minimum Gasteiger partial charge on any atom is -0.326 e. The van der Waals surface area contributed by atoms with Gasteiger partial charge in [0.1, 0.15) is 0 Å². The maximum absolute atomic E-state index is 5.94. The number of nitrogens with zero attached hydrogens (tertiary/aromatic N) is 2. The lowest BCUT2D eigenvalue weighted by molar-refractivity contribution is 0.525. The number of benzene rings is 1. The Morgan fingerprint density at radius 1 is 1.29 bits per heavy atom. The predicted octanol–water partition coefficient (Wildman–Crippen LogP) is 3.36. The molecule has 0 amide bonds. The van der Waals surface area contributed by atoms with Crippen LogP contribution in [0.2, 0.25) is 0 Å². The first kappa shape index (κ1) is 14.7. The molecule has 2 heterocycles. The zero-order valence-electron chi connectivity index (χ0n) is 12.8. The molecule has 1 aliphatic rings. The lowest BCUT2D eigenvalue weighted by Gasteiger charge is -2.13. The summed E-state index contributed by atoms with van der Waals surface area (Å²) in [4.78, 5) is 1.43. The predicted molar refractivity (Wildman–Crippen MR) is 88.8 cm³/mol. The van der Waals surface area contributed by atoms with E-state index < -0.39 is 0 Å². The smallest absolute Gasteiger partial charge is 0.0669 e. The zero-order chi connectivity index (χ0) is 14.8. The molecule has 0 aliphatic carbocycles. The minimum atomic E-state index is 0.562. The number of aryl methyl sites for hydroxylation is 1. The van der Waals surface area contributed by atoms with Crippen molar-refractivity contribution < 1.29 is 0 Å². The van der Waals surface area contributed by atoms with E-state index in [2.05, 4.69) is 42.8 Å². The van der Waals surface area contributed by atoms with E-state index in [1.54, 1.807) is 0 Å². The van der Waals surface area contributed by atoms with Gasteiger partial charge < -0.3 is 5.73 Å². The van der Waals surface area contributed by atoms with E-state index in [0.717, 1.165) is 25.1 Å². The molecule has 0 radical (unpaired) electrons. The standard InChI is InChI=1S/C17H23N3S/c1-3-15-14(9-18)16(4-2)20(19-15)10-12-11-21-17-8-6-5-7-13(12)17/h5-8,12H,3-4,9-11,18H2,1-2H3. The van der Waals surface area contributed by atoms with Crippen molar-refractivity contribution in [2.45, 2.75) is 50.6 Å². The first-order valence-electron chi connectivity index (χ1n) is 7.77. The SMILES string of the molecule is CCc1nn(CC2CSc3ccccc32)c(CC)c1CN. The fraction of sp³-hybridized carbons (Fsp3) is 0.471. The zero-order valence-corrected chi connectivity index (χ0v) is 13.6. The van der Waals surface area contributed by atoms with E-state index in [1.807, 2.05) is 11.8 Å². The minimum absolute atomic E-state index is 0.562. The molecule has 1 atom stereocenters. The first-order valence-corrected chi connectivity index (χ1v) is 8.76. The summed E-state index contributed by atoms with van der Waals surface area (Å²) >= 11 is 1.97. The molecule has 0 spiro atoms. The van der Waals surface area contributed by atoms with Gasteiger partial charge in [-0.2, -0.15) is 5.10 Å². The summed E-state index contributed by atoms with van der Waals surface area (Å²) in [6.07, 6.45) is 1.96. The maximum Gasteiger partial charge on any atom is 0.0669 e. The Morgan fingerprint density at radius 2 is 2.10 bits per heavy atom. The van der Waals surface area contributed by atoms with Crippen molar-refractivity contribution in [2.75, 3.05) is 5.75 Å². The highest BCUT2D eigenvalue weighted by molar-refractivity contribution is 7.99. The van der Waals surface area contributed by atoms with Crippen LogP contribution in [0.15, 0.2) is 29.2 Å². The number of aromatic nitrogens is 2. The average Bonchev–Trinajstić information content (AvgIpc) is 3.08. The van der Waals surface area contributed by atoms with Crippen LogP contribution in [0, 0.1) is 0 Å². The quantitative estimate of drug-likeness (QED) is 0.921. The van der Waals surface area contributed by atoms with Gasteiger partial charge in [0.25, 0.3) is 0 Å². The Kier molecular flexibility index (Phi) is 4.36. The van der Waals surface area contributed by atoms with Gasteiger partial charge in [-0.05, 0) is 24.5 Å². The van der Waals surface area contributed by atoms with Crippen LogP contribution in [0.3, 0.4) is 0 Å². The van der Waals surface area contributed by atoms with Gasteiger partial charge in [0.05, 0.1) is 5.69 Å². The highest BCUT2D eigenvalue weighted by Crippen LogP contribution is 2.40. The fourth-order valence-corrected chi connectivity index (χ4v) is 4.49. The lowest BCUT2D eigenvalue weighted by Crippen LogP contribution is -2.13. The van der Waals surface area contributed by atoms with Crippen molar-refractivity contribution in [1.29, 1.82) is 0 Å². The van der Waals surface area contributed by atoms with Crippen molar-refractivity contribution in [3.05, 3.63) is 46.8 Å². The monoisotopic (exact) mass is 301 g/mol. The van der Waals surface area contributed by atoms with Crippen LogP contribution in [0.5, 0.6) is 0 Å². The summed E-state index contributed by atoms with van der Waals surface area (Å²) < 4.78 is 2.22. The third kappa shape index (κ3) is 2.62. The van der Waals surface area contributed by atoms with E-state index in [0.29, 0.717) is 12.5 Å². The molecule has 21 heavy (non-hydrogen) atoms. The molecule has 2 N–H and O–H groups in total. The van der Waals surface area contributed by atoms with Crippen molar-refractivity contribution in [1.82, 2.24) is 9.78 Å². The van der Waals surface area contributed by atoms with Crippen molar-refractivity contribution in [3.63, 3.8) is 0 Å². The number of rotatable bonds is 5. The fourth-order valence-electron chi connectivity index (χ4n) is 3.24. The number of hydrogen-bond acceptors (Lipinski definition) is 3. The highest BCUT2D eigenvalue weighted by atomic mass is 32.2. The first-order chi connectivity index (χ1) is 10.3. The molecule has 0 saturated carbocycles. The van der Waals surface area contributed by atoms with Crippen molar-refractivity contribution in [3.8, 4) is 0 Å². The molecule has 3 nitrogen and oxygen atoms in total. The molecule has 4 heteroatoms. The maximum atomic E-state index is 5.94. The Balaban J connectivity index is 1.91. The Morgan fingerprint density at radius 3 is 2.81 bits per heavy atom. The second kappa shape index (κ2) is 6.24. The van der Waals surface area contributed by atoms with Crippen LogP contribution in [-0.2, 0) is 25.9 Å². The molecule has 2 aromatic rings. The van der Waals surface area contributed by atoms with Gasteiger partial charge >= 0.3 is 0 Å². The Bertz CT molecular complexity index is 633. The van der Waals surface area contributed by atoms with Crippen LogP contribution in [0.4, 0.5) is 0 Å². The Labute approximate surface area is 130 Å². The molecule has 0 bridgehead atoms. The number of nitrogens with two attached hydrogens (primary N) is 1. The molecule has 1 aliphatic heterocycles. The summed E-state index contributed by atoms with van der Waals surface area (Å²) in [5.41, 5.74) is 11.2. The average molecular weight is 301 g/mol. The molecule has 1 aromatic heterocycles. The normalized spacial score (nSPS) is 17.2. The van der Waals surface area contributed by atoms with Crippen molar-refractivity contribution >= 4 is 11.8 Å². The Hall–Kier alpha value is -1.26. The molecule has 0 saturated heterocycles. The molecular weight excluding hydrogens is 278 g/mol. The van der Waals surface area contributed by atoms with Gasteiger partial charge in [-0.3, -0.25) is 4.68 Å². The van der Waals surface area contributed by atoms with E-state index in [-0.39, 0.29) is 0 Å². The summed E-state index contributed by atoms with van der Waals surface area (Å²) in [5, 5.41) is 4.83. The van der Waals surface area contributed by atoms with E-state index in [1.165, 1.54) is 27.4 Å². The number of fused-ring (bicyclic) bond motifs is 1. The van der Waals surface area contributed by atoms with Crippen LogP contribution < -0.4 is 5.73 Å². The van der Waals surface area contributed by atoms with Crippen LogP contribution in [0.25, 0.3) is 0 Å². The molecule has 0 fully saturated rings. The van der Waals surface area contributed by atoms with E-state index >= 15 is 0 Å². The second-order valence-electron chi connectivity index (χ2n) is 5.51. The van der Waals surface area contributed by atoms with Crippen LogP contribution in [0.1, 0.15) is 42.3 Å². The summed E-state index contributed by atoms with van der Waals surface area (Å²) in [6.45, 7) is 5.93. The summed E-state index contributed by atoms with van der Waals surface area (Å²) in [5.74, 6) is 1.72. The van der Waals surface area contributed by atoms with Crippen molar-refractivity contribution in [2.24, 2.45) is 5.73 Å². The van der Waals surface area contributed by atoms with Crippen LogP contribution in [-0.4, -0.2) is 15.5 Å². The second-order valence-corrected chi connectivity index (χ2v) is 6.57. The number of hydrogen-bond donors (Lipinski definition) is 1. The van der Waals surface area contributed by atoms with Gasteiger partial charge in [-0.25, -0.2) is 0 Å². The third-order valence-corrected chi connectivity index (χ3v) is 5.57. The molecule has 3 rings (SSSR count).